The number of ether oxygens (including phenoxy) is 2. The first-order valence-electron chi connectivity index (χ1n) is 12.3. The number of carbonyl (C=O) groups excluding carboxylic acids is 4. The number of aromatic amines is 2. The van der Waals surface area contributed by atoms with Gasteiger partial charge in [-0.1, -0.05) is 24.3 Å². The molecule has 0 saturated heterocycles. The summed E-state index contributed by atoms with van der Waals surface area (Å²) in [5.74, 6) is -1.06. The predicted octanol–water partition coefficient (Wildman–Crippen LogP) is 4.72. The number of imidazole rings is 2. The standard InChI is InChI=1S/C28H26N4O6S2/c1-17(33)19-5-3-7-23(13-19)39-11-9-21-15-29-27(31-21)37-25(35)26(36)38-28-30-16-22(32-28)10-12-40-24-8-4-6-20(14-24)18(2)34/h3-8,13-16H,9-12H2,1-2H3,(H,29,31)(H,30,32). The number of aryl methyl sites for hydroxylation is 2. The van der Waals surface area contributed by atoms with Gasteiger partial charge in [-0.05, 0) is 51.0 Å². The zero-order valence-electron chi connectivity index (χ0n) is 21.8. The van der Waals surface area contributed by atoms with Crippen LogP contribution in [-0.4, -0.2) is 54.9 Å². The number of rotatable bonds is 12. The van der Waals surface area contributed by atoms with Crippen LogP contribution in [0.3, 0.4) is 0 Å². The minimum atomic E-state index is -1.24. The maximum atomic E-state index is 12.2. The van der Waals surface area contributed by atoms with Crippen molar-refractivity contribution in [1.29, 1.82) is 0 Å². The monoisotopic (exact) mass is 578 g/mol. The van der Waals surface area contributed by atoms with Crippen LogP contribution < -0.4 is 9.47 Å². The minimum absolute atomic E-state index is 0.0114. The average molecular weight is 579 g/mol. The molecule has 0 fully saturated rings. The summed E-state index contributed by atoms with van der Waals surface area (Å²) in [5.41, 5.74) is 2.75. The molecule has 2 heterocycles. The van der Waals surface area contributed by atoms with Crippen molar-refractivity contribution >= 4 is 47.0 Å². The smallest absolute Gasteiger partial charge is 0.384 e. The molecule has 2 N–H and O–H groups in total. The molecule has 0 atom stereocenters. The van der Waals surface area contributed by atoms with Crippen molar-refractivity contribution < 1.29 is 28.7 Å². The molecular formula is C28H26N4O6S2. The number of ketones is 2. The van der Waals surface area contributed by atoms with Gasteiger partial charge in [0.25, 0.3) is 0 Å². The van der Waals surface area contributed by atoms with E-state index in [1.54, 1.807) is 35.7 Å². The van der Waals surface area contributed by atoms with Gasteiger partial charge in [0, 0.05) is 43.8 Å². The summed E-state index contributed by atoms with van der Waals surface area (Å²) in [6, 6.07) is 14.5. The molecule has 206 valence electrons. The highest BCUT2D eigenvalue weighted by Crippen LogP contribution is 2.22. The van der Waals surface area contributed by atoms with Gasteiger partial charge in [0.2, 0.25) is 0 Å². The van der Waals surface area contributed by atoms with E-state index in [9.17, 15) is 19.2 Å². The summed E-state index contributed by atoms with van der Waals surface area (Å²) in [5, 5.41) is 0. The normalized spacial score (nSPS) is 10.8. The van der Waals surface area contributed by atoms with E-state index in [0.717, 1.165) is 9.79 Å². The van der Waals surface area contributed by atoms with Crippen molar-refractivity contribution in [3.8, 4) is 12.0 Å². The van der Waals surface area contributed by atoms with E-state index >= 15 is 0 Å². The minimum Gasteiger partial charge on any atom is -0.384 e. The van der Waals surface area contributed by atoms with Gasteiger partial charge >= 0.3 is 24.0 Å². The Morgan fingerprint density at radius 1 is 0.700 bits per heavy atom. The van der Waals surface area contributed by atoms with Crippen LogP contribution in [0.15, 0.2) is 70.7 Å². The van der Waals surface area contributed by atoms with Crippen LogP contribution in [0.1, 0.15) is 46.0 Å². The maximum Gasteiger partial charge on any atom is 0.425 e. The van der Waals surface area contributed by atoms with E-state index in [0.29, 0.717) is 46.9 Å². The number of Topliss-reactive ketones (excluding diaryl/α,β-unsaturated/α-hetero) is 2. The van der Waals surface area contributed by atoms with Crippen LogP contribution in [0, 0.1) is 0 Å². The molecule has 2 aromatic carbocycles. The zero-order valence-corrected chi connectivity index (χ0v) is 23.4. The van der Waals surface area contributed by atoms with E-state index in [1.165, 1.54) is 26.2 Å². The van der Waals surface area contributed by atoms with Gasteiger partial charge < -0.3 is 19.4 Å². The molecule has 12 heteroatoms. The molecule has 10 nitrogen and oxygen atoms in total. The zero-order chi connectivity index (χ0) is 28.5. The third-order valence-electron chi connectivity index (χ3n) is 5.52. The number of aromatic nitrogens is 4. The van der Waals surface area contributed by atoms with Crippen molar-refractivity contribution in [2.24, 2.45) is 0 Å². The third kappa shape index (κ3) is 8.42. The van der Waals surface area contributed by atoms with Crippen LogP contribution in [0.2, 0.25) is 0 Å². The Kier molecular flexibility index (Phi) is 9.92. The number of carbonyl (C=O) groups is 4. The summed E-state index contributed by atoms with van der Waals surface area (Å²) in [6.45, 7) is 3.06. The fourth-order valence-electron chi connectivity index (χ4n) is 3.46. The van der Waals surface area contributed by atoms with Gasteiger partial charge in [-0.25, -0.2) is 19.6 Å². The second-order valence-electron chi connectivity index (χ2n) is 8.57. The third-order valence-corrected chi connectivity index (χ3v) is 7.51. The molecule has 40 heavy (non-hydrogen) atoms. The van der Waals surface area contributed by atoms with Crippen molar-refractivity contribution in [2.75, 3.05) is 11.5 Å². The second kappa shape index (κ2) is 13.8. The Balaban J connectivity index is 1.19. The number of H-pyrrole nitrogens is 2. The number of esters is 2. The lowest BCUT2D eigenvalue weighted by Gasteiger charge is -2.03. The SMILES string of the molecule is CC(=O)c1cccc(SCCc2cnc(OC(=O)C(=O)Oc3ncc(CCSc4cccc(C(C)=O)c4)[nH]3)[nH]2)c1. The molecule has 0 aliphatic carbocycles. The average Bonchev–Trinajstić information content (AvgIpc) is 3.58. The Morgan fingerprint density at radius 2 is 1.12 bits per heavy atom. The number of hydrogen-bond donors (Lipinski definition) is 2. The Labute approximate surface area is 238 Å². The number of hydrogen-bond acceptors (Lipinski definition) is 10. The number of thioether (sulfide) groups is 2. The molecule has 0 spiro atoms. The Morgan fingerprint density at radius 3 is 1.52 bits per heavy atom. The second-order valence-corrected chi connectivity index (χ2v) is 10.9. The highest BCUT2D eigenvalue weighted by molar-refractivity contribution is 7.99. The lowest BCUT2D eigenvalue weighted by Crippen LogP contribution is -2.26. The van der Waals surface area contributed by atoms with Gasteiger partial charge in [-0.15, -0.1) is 23.5 Å². The van der Waals surface area contributed by atoms with E-state index < -0.39 is 11.9 Å². The number of nitrogens with zero attached hydrogens (tertiary/aromatic N) is 2. The molecule has 0 saturated carbocycles. The lowest BCUT2D eigenvalue weighted by atomic mass is 10.2. The molecule has 2 aromatic heterocycles. The molecule has 0 radical (unpaired) electrons. The van der Waals surface area contributed by atoms with Crippen LogP contribution in [0.4, 0.5) is 0 Å². The molecule has 0 bridgehead atoms. The van der Waals surface area contributed by atoms with E-state index in [4.69, 9.17) is 9.47 Å². The fourth-order valence-corrected chi connectivity index (χ4v) is 5.35. The van der Waals surface area contributed by atoms with E-state index in [2.05, 4.69) is 19.9 Å². The summed E-state index contributed by atoms with van der Waals surface area (Å²) in [6.07, 6.45) is 4.24. The van der Waals surface area contributed by atoms with Gasteiger partial charge in [0.05, 0.1) is 12.4 Å². The van der Waals surface area contributed by atoms with Crippen LogP contribution in [0.5, 0.6) is 12.0 Å². The van der Waals surface area contributed by atoms with E-state index in [1.807, 2.05) is 36.4 Å². The van der Waals surface area contributed by atoms with Crippen molar-refractivity contribution in [3.05, 3.63) is 83.4 Å². The summed E-state index contributed by atoms with van der Waals surface area (Å²) >= 11 is 3.15. The van der Waals surface area contributed by atoms with Crippen molar-refractivity contribution in [2.45, 2.75) is 36.5 Å². The van der Waals surface area contributed by atoms with Crippen LogP contribution in [-0.2, 0) is 22.4 Å². The summed E-state index contributed by atoms with van der Waals surface area (Å²) < 4.78 is 9.98. The quantitative estimate of drug-likeness (QED) is 0.105. The summed E-state index contributed by atoms with van der Waals surface area (Å²) in [7, 11) is 0. The van der Waals surface area contributed by atoms with Gasteiger partial charge in [-0.2, -0.15) is 0 Å². The summed E-state index contributed by atoms with van der Waals surface area (Å²) in [4.78, 5) is 63.0. The molecule has 0 aliphatic rings. The topological polar surface area (TPSA) is 144 Å². The molecular weight excluding hydrogens is 552 g/mol. The molecule has 4 aromatic rings. The van der Waals surface area contributed by atoms with Gasteiger partial charge in [0.15, 0.2) is 11.6 Å². The number of nitrogens with one attached hydrogen (secondary N) is 2. The maximum absolute atomic E-state index is 12.2. The number of benzene rings is 2. The highest BCUT2D eigenvalue weighted by atomic mass is 32.2. The Bertz CT molecular complexity index is 1420. The highest BCUT2D eigenvalue weighted by Gasteiger charge is 2.22. The van der Waals surface area contributed by atoms with Crippen molar-refractivity contribution in [1.82, 2.24) is 19.9 Å². The molecule has 0 amide bonds. The van der Waals surface area contributed by atoms with Gasteiger partial charge in [0.1, 0.15) is 0 Å². The Hall–Kier alpha value is -4.16. The predicted molar refractivity (Wildman–Crippen MR) is 150 cm³/mol. The fraction of sp³-hybridized carbons (Fsp3) is 0.214. The van der Waals surface area contributed by atoms with E-state index in [-0.39, 0.29) is 23.6 Å². The largest absolute Gasteiger partial charge is 0.425 e. The van der Waals surface area contributed by atoms with Crippen LogP contribution in [0.25, 0.3) is 0 Å². The van der Waals surface area contributed by atoms with Gasteiger partial charge in [-0.3, -0.25) is 9.59 Å². The first-order valence-corrected chi connectivity index (χ1v) is 14.2. The lowest BCUT2D eigenvalue weighted by molar-refractivity contribution is -0.156. The van der Waals surface area contributed by atoms with Crippen molar-refractivity contribution in [3.63, 3.8) is 0 Å². The first-order chi connectivity index (χ1) is 19.3. The van der Waals surface area contributed by atoms with Crippen LogP contribution >= 0.6 is 23.5 Å². The molecule has 0 unspecified atom stereocenters. The molecule has 0 aliphatic heterocycles. The first kappa shape index (κ1) is 28.8. The molecule has 4 rings (SSSR count).